The SMILES string of the molecule is CCC(C)Nc1ccc(Cl)c(C(=O)O)c1. The molecule has 0 amide bonds. The topological polar surface area (TPSA) is 49.3 Å². The molecule has 0 fully saturated rings. The van der Waals surface area contributed by atoms with E-state index < -0.39 is 5.97 Å². The van der Waals surface area contributed by atoms with Crippen molar-refractivity contribution in [2.45, 2.75) is 26.3 Å². The maximum absolute atomic E-state index is 10.8. The number of nitrogens with one attached hydrogen (secondary N) is 1. The number of carbonyl (C=O) groups is 1. The number of rotatable bonds is 4. The van der Waals surface area contributed by atoms with Crippen LogP contribution in [0.2, 0.25) is 5.02 Å². The Balaban J connectivity index is 2.92. The highest BCUT2D eigenvalue weighted by Gasteiger charge is 2.09. The summed E-state index contributed by atoms with van der Waals surface area (Å²) in [7, 11) is 0. The average molecular weight is 228 g/mol. The molecule has 0 aliphatic heterocycles. The molecule has 0 radical (unpaired) electrons. The number of aromatic carboxylic acids is 1. The van der Waals surface area contributed by atoms with Gasteiger partial charge in [-0.05, 0) is 31.5 Å². The van der Waals surface area contributed by atoms with Crippen LogP contribution < -0.4 is 5.32 Å². The summed E-state index contributed by atoms with van der Waals surface area (Å²) in [5.41, 5.74) is 0.913. The third-order valence-corrected chi connectivity index (χ3v) is 2.55. The smallest absolute Gasteiger partial charge is 0.337 e. The largest absolute Gasteiger partial charge is 0.478 e. The van der Waals surface area contributed by atoms with Crippen LogP contribution >= 0.6 is 11.6 Å². The highest BCUT2D eigenvalue weighted by Crippen LogP contribution is 2.21. The number of hydrogen-bond donors (Lipinski definition) is 2. The highest BCUT2D eigenvalue weighted by atomic mass is 35.5. The molecule has 1 aromatic rings. The normalized spacial score (nSPS) is 12.2. The fourth-order valence-corrected chi connectivity index (χ4v) is 1.36. The predicted octanol–water partition coefficient (Wildman–Crippen LogP) is 3.25. The van der Waals surface area contributed by atoms with Gasteiger partial charge in [0, 0.05) is 11.7 Å². The minimum absolute atomic E-state index is 0.130. The summed E-state index contributed by atoms with van der Waals surface area (Å²) in [6, 6.07) is 5.24. The number of carboxylic acid groups (broad SMARTS) is 1. The summed E-state index contributed by atoms with van der Waals surface area (Å²) in [6.07, 6.45) is 0.977. The second kappa shape index (κ2) is 5.03. The quantitative estimate of drug-likeness (QED) is 0.830. The van der Waals surface area contributed by atoms with Crippen LogP contribution in [0.1, 0.15) is 30.6 Å². The van der Waals surface area contributed by atoms with E-state index in [4.69, 9.17) is 16.7 Å². The lowest BCUT2D eigenvalue weighted by molar-refractivity contribution is 0.0697. The van der Waals surface area contributed by atoms with E-state index in [9.17, 15) is 4.79 Å². The molecule has 1 aromatic carbocycles. The number of halogens is 1. The van der Waals surface area contributed by atoms with E-state index in [0.29, 0.717) is 6.04 Å². The molecule has 0 saturated carbocycles. The zero-order valence-corrected chi connectivity index (χ0v) is 9.51. The van der Waals surface area contributed by atoms with Crippen molar-refractivity contribution >= 4 is 23.3 Å². The van der Waals surface area contributed by atoms with Gasteiger partial charge in [0.15, 0.2) is 0 Å². The lowest BCUT2D eigenvalue weighted by Gasteiger charge is -2.13. The minimum Gasteiger partial charge on any atom is -0.478 e. The lowest BCUT2D eigenvalue weighted by Crippen LogP contribution is -2.13. The second-order valence-corrected chi connectivity index (χ2v) is 3.86. The Kier molecular flexibility index (Phi) is 3.97. The predicted molar refractivity (Wildman–Crippen MR) is 61.8 cm³/mol. The van der Waals surface area contributed by atoms with Crippen LogP contribution in [0.25, 0.3) is 0 Å². The van der Waals surface area contributed by atoms with E-state index in [-0.39, 0.29) is 10.6 Å². The van der Waals surface area contributed by atoms with E-state index in [1.165, 1.54) is 0 Å². The fourth-order valence-electron chi connectivity index (χ4n) is 1.17. The van der Waals surface area contributed by atoms with E-state index in [1.54, 1.807) is 18.2 Å². The summed E-state index contributed by atoms with van der Waals surface area (Å²) in [6.45, 7) is 4.10. The molecular formula is C11H14ClNO2. The molecule has 82 valence electrons. The van der Waals surface area contributed by atoms with Gasteiger partial charge < -0.3 is 10.4 Å². The number of anilines is 1. The lowest BCUT2D eigenvalue weighted by atomic mass is 10.1. The summed E-state index contributed by atoms with van der Waals surface area (Å²) >= 11 is 5.75. The molecule has 0 spiro atoms. The molecule has 0 aliphatic carbocycles. The van der Waals surface area contributed by atoms with Crippen molar-refractivity contribution in [2.24, 2.45) is 0 Å². The zero-order chi connectivity index (χ0) is 11.4. The van der Waals surface area contributed by atoms with Gasteiger partial charge >= 0.3 is 5.97 Å². The molecular weight excluding hydrogens is 214 g/mol. The van der Waals surface area contributed by atoms with Gasteiger partial charge in [0.25, 0.3) is 0 Å². The monoisotopic (exact) mass is 227 g/mol. The van der Waals surface area contributed by atoms with Crippen LogP contribution in [-0.2, 0) is 0 Å². The van der Waals surface area contributed by atoms with Gasteiger partial charge in [-0.15, -0.1) is 0 Å². The maximum atomic E-state index is 10.8. The standard InChI is InChI=1S/C11H14ClNO2/c1-3-7(2)13-8-4-5-10(12)9(6-8)11(14)15/h4-7,13H,3H2,1-2H3,(H,14,15). The first-order valence-electron chi connectivity index (χ1n) is 4.84. The second-order valence-electron chi connectivity index (χ2n) is 3.45. The van der Waals surface area contributed by atoms with Gasteiger partial charge in [0.1, 0.15) is 0 Å². The van der Waals surface area contributed by atoms with Crippen molar-refractivity contribution in [2.75, 3.05) is 5.32 Å². The molecule has 1 atom stereocenters. The first kappa shape index (κ1) is 11.9. The molecule has 0 aliphatic rings. The molecule has 1 unspecified atom stereocenters. The van der Waals surface area contributed by atoms with Crippen LogP contribution in [0.5, 0.6) is 0 Å². The Bertz CT molecular complexity index is 366. The molecule has 0 saturated heterocycles. The molecule has 0 aromatic heterocycles. The first-order chi connectivity index (χ1) is 7.04. The third kappa shape index (κ3) is 3.13. The Morgan fingerprint density at radius 1 is 1.60 bits per heavy atom. The molecule has 0 bridgehead atoms. The van der Waals surface area contributed by atoms with Gasteiger partial charge in [-0.2, -0.15) is 0 Å². The van der Waals surface area contributed by atoms with Crippen molar-refractivity contribution in [1.29, 1.82) is 0 Å². The molecule has 4 heteroatoms. The van der Waals surface area contributed by atoms with Crippen molar-refractivity contribution in [3.05, 3.63) is 28.8 Å². The van der Waals surface area contributed by atoms with Gasteiger partial charge in [-0.3, -0.25) is 0 Å². The number of carboxylic acids is 1. The first-order valence-corrected chi connectivity index (χ1v) is 5.21. The number of benzene rings is 1. The summed E-state index contributed by atoms with van der Waals surface area (Å²) in [4.78, 5) is 10.8. The van der Waals surface area contributed by atoms with Crippen molar-refractivity contribution in [3.8, 4) is 0 Å². The van der Waals surface area contributed by atoms with Gasteiger partial charge in [0.05, 0.1) is 10.6 Å². The van der Waals surface area contributed by atoms with E-state index in [1.807, 2.05) is 6.92 Å². The Morgan fingerprint density at radius 3 is 2.80 bits per heavy atom. The Morgan fingerprint density at radius 2 is 2.27 bits per heavy atom. The van der Waals surface area contributed by atoms with Crippen LogP contribution in [0.3, 0.4) is 0 Å². The van der Waals surface area contributed by atoms with E-state index >= 15 is 0 Å². The molecule has 0 heterocycles. The summed E-state index contributed by atoms with van der Waals surface area (Å²) in [5.74, 6) is -1.01. The van der Waals surface area contributed by atoms with Crippen molar-refractivity contribution in [3.63, 3.8) is 0 Å². The van der Waals surface area contributed by atoms with Gasteiger partial charge in [-0.1, -0.05) is 18.5 Å². The Hall–Kier alpha value is -1.22. The Labute approximate surface area is 94.1 Å². The van der Waals surface area contributed by atoms with Gasteiger partial charge in [0.2, 0.25) is 0 Å². The molecule has 1 rings (SSSR count). The fraction of sp³-hybridized carbons (Fsp3) is 0.364. The van der Waals surface area contributed by atoms with Gasteiger partial charge in [-0.25, -0.2) is 4.79 Å². The zero-order valence-electron chi connectivity index (χ0n) is 8.75. The van der Waals surface area contributed by atoms with Crippen molar-refractivity contribution in [1.82, 2.24) is 0 Å². The molecule has 3 nitrogen and oxygen atoms in total. The van der Waals surface area contributed by atoms with E-state index in [0.717, 1.165) is 12.1 Å². The van der Waals surface area contributed by atoms with Crippen molar-refractivity contribution < 1.29 is 9.90 Å². The van der Waals surface area contributed by atoms with Crippen LogP contribution in [0, 0.1) is 0 Å². The highest BCUT2D eigenvalue weighted by molar-refractivity contribution is 6.33. The summed E-state index contributed by atoms with van der Waals surface area (Å²) < 4.78 is 0. The molecule has 15 heavy (non-hydrogen) atoms. The number of hydrogen-bond acceptors (Lipinski definition) is 2. The molecule has 2 N–H and O–H groups in total. The van der Waals surface area contributed by atoms with Crippen LogP contribution in [-0.4, -0.2) is 17.1 Å². The minimum atomic E-state index is -1.01. The van der Waals surface area contributed by atoms with Crippen LogP contribution in [0.4, 0.5) is 5.69 Å². The van der Waals surface area contributed by atoms with Crippen LogP contribution in [0.15, 0.2) is 18.2 Å². The van der Waals surface area contributed by atoms with E-state index in [2.05, 4.69) is 12.2 Å². The summed E-state index contributed by atoms with van der Waals surface area (Å²) in [5, 5.41) is 12.3. The maximum Gasteiger partial charge on any atom is 0.337 e. The third-order valence-electron chi connectivity index (χ3n) is 2.22. The average Bonchev–Trinajstić information content (AvgIpc) is 2.20.